The van der Waals surface area contributed by atoms with Gasteiger partial charge in [0.15, 0.2) is 0 Å². The standard InChI is InChI=1S/C15H21Cl2N/c1-3-11-8-15(9-11,10-18-4-2)12-5-6-13(16)14(17)7-12/h5-7,11,18H,3-4,8-10H2,1-2H3. The van der Waals surface area contributed by atoms with Crippen molar-refractivity contribution in [1.29, 1.82) is 0 Å². The third kappa shape index (κ3) is 2.68. The first-order valence-electron chi connectivity index (χ1n) is 6.77. The second-order valence-corrected chi connectivity index (χ2v) is 6.19. The summed E-state index contributed by atoms with van der Waals surface area (Å²) in [4.78, 5) is 0. The van der Waals surface area contributed by atoms with Gasteiger partial charge in [0.25, 0.3) is 0 Å². The van der Waals surface area contributed by atoms with Gasteiger partial charge in [0, 0.05) is 12.0 Å². The molecule has 1 N–H and O–H groups in total. The number of hydrogen-bond acceptors (Lipinski definition) is 1. The van der Waals surface area contributed by atoms with E-state index >= 15 is 0 Å². The van der Waals surface area contributed by atoms with Crippen molar-refractivity contribution < 1.29 is 0 Å². The van der Waals surface area contributed by atoms with Crippen LogP contribution in [-0.2, 0) is 5.41 Å². The van der Waals surface area contributed by atoms with E-state index < -0.39 is 0 Å². The lowest BCUT2D eigenvalue weighted by atomic mass is 9.58. The molecule has 0 spiro atoms. The Balaban J connectivity index is 2.21. The van der Waals surface area contributed by atoms with Crippen LogP contribution in [0.1, 0.15) is 38.7 Å². The topological polar surface area (TPSA) is 12.0 Å². The second-order valence-electron chi connectivity index (χ2n) is 5.37. The average Bonchev–Trinajstić information content (AvgIpc) is 2.32. The largest absolute Gasteiger partial charge is 0.316 e. The third-order valence-corrected chi connectivity index (χ3v) is 4.92. The van der Waals surface area contributed by atoms with E-state index in [9.17, 15) is 0 Å². The molecule has 3 heteroatoms. The van der Waals surface area contributed by atoms with Crippen molar-refractivity contribution >= 4 is 23.2 Å². The van der Waals surface area contributed by atoms with Gasteiger partial charge in [-0.15, -0.1) is 0 Å². The summed E-state index contributed by atoms with van der Waals surface area (Å²) in [5.74, 6) is 0.859. The van der Waals surface area contributed by atoms with Gasteiger partial charge in [-0.2, -0.15) is 0 Å². The predicted molar refractivity (Wildman–Crippen MR) is 79.7 cm³/mol. The Kier molecular flexibility index (Phi) is 4.58. The maximum absolute atomic E-state index is 6.15. The van der Waals surface area contributed by atoms with Crippen molar-refractivity contribution in [2.45, 2.75) is 38.5 Å². The van der Waals surface area contributed by atoms with Crippen LogP contribution in [0.25, 0.3) is 0 Å². The van der Waals surface area contributed by atoms with E-state index in [0.717, 1.165) is 19.0 Å². The van der Waals surface area contributed by atoms with E-state index in [1.165, 1.54) is 24.8 Å². The SMILES string of the molecule is CCNCC1(c2ccc(Cl)c(Cl)c2)CC(CC)C1. The molecule has 0 atom stereocenters. The molecule has 2 rings (SSSR count). The molecule has 0 aromatic heterocycles. The molecule has 0 unspecified atom stereocenters. The molecule has 0 radical (unpaired) electrons. The quantitative estimate of drug-likeness (QED) is 0.830. The molecule has 100 valence electrons. The highest BCUT2D eigenvalue weighted by atomic mass is 35.5. The summed E-state index contributed by atoms with van der Waals surface area (Å²) >= 11 is 12.2. The highest BCUT2D eigenvalue weighted by molar-refractivity contribution is 6.42. The highest BCUT2D eigenvalue weighted by Crippen LogP contribution is 2.49. The summed E-state index contributed by atoms with van der Waals surface area (Å²) in [5.41, 5.74) is 1.60. The van der Waals surface area contributed by atoms with Crippen molar-refractivity contribution in [3.05, 3.63) is 33.8 Å². The van der Waals surface area contributed by atoms with Gasteiger partial charge in [-0.05, 0) is 43.0 Å². The van der Waals surface area contributed by atoms with Crippen molar-refractivity contribution in [3.8, 4) is 0 Å². The Morgan fingerprint density at radius 1 is 1.22 bits per heavy atom. The normalized spacial score (nSPS) is 27.0. The molecule has 1 aromatic rings. The molecule has 1 aliphatic rings. The van der Waals surface area contributed by atoms with Crippen molar-refractivity contribution in [2.75, 3.05) is 13.1 Å². The Hall–Kier alpha value is -0.240. The monoisotopic (exact) mass is 285 g/mol. The van der Waals surface area contributed by atoms with E-state index in [0.29, 0.717) is 10.0 Å². The number of benzene rings is 1. The first-order chi connectivity index (χ1) is 8.61. The lowest BCUT2D eigenvalue weighted by Gasteiger charge is -2.48. The van der Waals surface area contributed by atoms with E-state index in [1.807, 2.05) is 12.1 Å². The number of rotatable bonds is 5. The highest BCUT2D eigenvalue weighted by Gasteiger charge is 2.44. The van der Waals surface area contributed by atoms with Gasteiger partial charge >= 0.3 is 0 Å². The minimum Gasteiger partial charge on any atom is -0.316 e. The Morgan fingerprint density at radius 2 is 1.94 bits per heavy atom. The summed E-state index contributed by atoms with van der Waals surface area (Å²) in [6.07, 6.45) is 3.79. The Morgan fingerprint density at radius 3 is 2.50 bits per heavy atom. The maximum Gasteiger partial charge on any atom is 0.0595 e. The van der Waals surface area contributed by atoms with E-state index in [4.69, 9.17) is 23.2 Å². The molecule has 18 heavy (non-hydrogen) atoms. The second kappa shape index (κ2) is 5.81. The molecule has 1 saturated carbocycles. The minimum absolute atomic E-state index is 0.269. The fourth-order valence-corrected chi connectivity index (χ4v) is 3.30. The van der Waals surface area contributed by atoms with Crippen LogP contribution in [0.3, 0.4) is 0 Å². The average molecular weight is 286 g/mol. The molecule has 1 aliphatic carbocycles. The summed E-state index contributed by atoms with van der Waals surface area (Å²) < 4.78 is 0. The first kappa shape index (κ1) is 14.2. The molecule has 0 amide bonds. The number of likely N-dealkylation sites (N-methyl/N-ethyl adjacent to an activating group) is 1. The third-order valence-electron chi connectivity index (χ3n) is 4.18. The molecule has 1 aromatic carbocycles. The fourth-order valence-electron chi connectivity index (χ4n) is 3.01. The lowest BCUT2D eigenvalue weighted by Crippen LogP contribution is -2.48. The van der Waals surface area contributed by atoms with Crippen LogP contribution in [0.4, 0.5) is 0 Å². The zero-order valence-corrected chi connectivity index (χ0v) is 12.6. The molecule has 0 aliphatic heterocycles. The smallest absolute Gasteiger partial charge is 0.0595 e. The first-order valence-corrected chi connectivity index (χ1v) is 7.53. The van der Waals surface area contributed by atoms with Gasteiger partial charge in [0.05, 0.1) is 10.0 Å². The summed E-state index contributed by atoms with van der Waals surface area (Å²) in [7, 11) is 0. The van der Waals surface area contributed by atoms with E-state index in [-0.39, 0.29) is 5.41 Å². The molecule has 1 fully saturated rings. The van der Waals surface area contributed by atoms with E-state index in [2.05, 4.69) is 25.2 Å². The van der Waals surface area contributed by atoms with Gasteiger partial charge < -0.3 is 5.32 Å². The minimum atomic E-state index is 0.269. The van der Waals surface area contributed by atoms with Crippen LogP contribution in [0, 0.1) is 5.92 Å². The van der Waals surface area contributed by atoms with Gasteiger partial charge in [0.2, 0.25) is 0 Å². The van der Waals surface area contributed by atoms with Crippen molar-refractivity contribution in [1.82, 2.24) is 5.32 Å². The number of hydrogen-bond donors (Lipinski definition) is 1. The fraction of sp³-hybridized carbons (Fsp3) is 0.600. The zero-order valence-electron chi connectivity index (χ0n) is 11.1. The van der Waals surface area contributed by atoms with Crippen molar-refractivity contribution in [2.24, 2.45) is 5.92 Å². The summed E-state index contributed by atoms with van der Waals surface area (Å²) in [6, 6.07) is 6.11. The summed E-state index contributed by atoms with van der Waals surface area (Å²) in [5, 5.41) is 4.81. The van der Waals surface area contributed by atoms with Crippen LogP contribution < -0.4 is 5.32 Å². The molecular formula is C15H21Cl2N. The van der Waals surface area contributed by atoms with Crippen LogP contribution in [-0.4, -0.2) is 13.1 Å². The Bertz CT molecular complexity index is 405. The van der Waals surface area contributed by atoms with E-state index in [1.54, 1.807) is 0 Å². The van der Waals surface area contributed by atoms with Gasteiger partial charge in [-0.1, -0.05) is 49.5 Å². The van der Waals surface area contributed by atoms with Gasteiger partial charge in [-0.3, -0.25) is 0 Å². The molecule has 0 bridgehead atoms. The number of nitrogens with one attached hydrogen (secondary N) is 1. The molecule has 0 heterocycles. The van der Waals surface area contributed by atoms with Crippen LogP contribution >= 0.6 is 23.2 Å². The molecule has 0 saturated heterocycles. The lowest BCUT2D eigenvalue weighted by molar-refractivity contribution is 0.134. The van der Waals surface area contributed by atoms with Crippen molar-refractivity contribution in [3.63, 3.8) is 0 Å². The Labute approximate surface area is 120 Å². The van der Waals surface area contributed by atoms with Gasteiger partial charge in [-0.25, -0.2) is 0 Å². The zero-order chi connectivity index (χ0) is 13.2. The van der Waals surface area contributed by atoms with Gasteiger partial charge in [0.1, 0.15) is 0 Å². The number of halogens is 2. The predicted octanol–water partition coefficient (Wildman–Crippen LogP) is 4.66. The maximum atomic E-state index is 6.15. The molecule has 1 nitrogen and oxygen atoms in total. The summed E-state index contributed by atoms with van der Waals surface area (Å²) in [6.45, 7) is 6.48. The van der Waals surface area contributed by atoms with Crippen LogP contribution in [0.15, 0.2) is 18.2 Å². The molecular weight excluding hydrogens is 265 g/mol. The van der Waals surface area contributed by atoms with Crippen LogP contribution in [0.2, 0.25) is 10.0 Å². The van der Waals surface area contributed by atoms with Crippen LogP contribution in [0.5, 0.6) is 0 Å².